The topological polar surface area (TPSA) is 95.5 Å². The summed E-state index contributed by atoms with van der Waals surface area (Å²) in [4.78, 5) is 38.3. The van der Waals surface area contributed by atoms with Crippen molar-refractivity contribution >= 4 is 34.2 Å². The zero-order chi connectivity index (χ0) is 22.7. The average molecular weight is 441 g/mol. The van der Waals surface area contributed by atoms with Gasteiger partial charge in [-0.3, -0.25) is 4.79 Å². The molecule has 0 spiro atoms. The fraction of sp³-hybridized carbons (Fsp3) is 0.375. The molecule has 0 fully saturated rings. The summed E-state index contributed by atoms with van der Waals surface area (Å²) in [6.45, 7) is 7.78. The van der Waals surface area contributed by atoms with Crippen LogP contribution in [-0.4, -0.2) is 24.5 Å². The van der Waals surface area contributed by atoms with Crippen LogP contribution in [0.4, 0.5) is 5.00 Å². The highest BCUT2D eigenvalue weighted by atomic mass is 32.1. The van der Waals surface area contributed by atoms with Crippen LogP contribution in [0.1, 0.15) is 46.1 Å². The number of carbonyl (C=O) groups is 3. The first-order valence-electron chi connectivity index (χ1n) is 10.3. The van der Waals surface area contributed by atoms with Gasteiger partial charge in [0.25, 0.3) is 0 Å². The van der Waals surface area contributed by atoms with Crippen LogP contribution in [0.5, 0.6) is 0 Å². The average Bonchev–Trinajstić information content (AvgIpc) is 3.05. The van der Waals surface area contributed by atoms with Gasteiger partial charge < -0.3 is 20.0 Å². The predicted octanol–water partition coefficient (Wildman–Crippen LogP) is 3.79. The Balaban J connectivity index is 2.05. The molecule has 1 heterocycles. The quantitative estimate of drug-likeness (QED) is 0.545. The number of anilines is 1. The Kier molecular flexibility index (Phi) is 6.95. The molecule has 1 aromatic carbocycles. The summed E-state index contributed by atoms with van der Waals surface area (Å²) >= 11 is 1.29. The van der Waals surface area contributed by atoms with E-state index in [0.29, 0.717) is 17.0 Å². The number of amides is 1. The monoisotopic (exact) mass is 440 g/mol. The van der Waals surface area contributed by atoms with Crippen LogP contribution in [-0.2, 0) is 14.3 Å². The zero-order valence-electron chi connectivity index (χ0n) is 18.1. The number of hydrogen-bond donors (Lipinski definition) is 1. The predicted molar refractivity (Wildman–Crippen MR) is 119 cm³/mol. The Morgan fingerprint density at radius 1 is 1.13 bits per heavy atom. The molecule has 164 valence electrons. The maximum Gasteiger partial charge on any atom is 0.341 e. The molecule has 31 heavy (non-hydrogen) atoms. The molecule has 0 radical (unpaired) electrons. The fourth-order valence-corrected chi connectivity index (χ4v) is 4.99. The molecule has 0 bridgehead atoms. The van der Waals surface area contributed by atoms with Crippen LogP contribution >= 0.6 is 11.3 Å². The molecule has 1 aliphatic rings. The Morgan fingerprint density at radius 2 is 1.81 bits per heavy atom. The second-order valence-electron chi connectivity index (χ2n) is 7.74. The van der Waals surface area contributed by atoms with Gasteiger partial charge in [0.05, 0.1) is 12.5 Å². The lowest BCUT2D eigenvalue weighted by atomic mass is 9.82. The molecule has 1 N–H and O–H groups in total. The van der Waals surface area contributed by atoms with Gasteiger partial charge in [-0.05, 0) is 51.7 Å². The number of hydrogen-bond acceptors (Lipinski definition) is 6. The molecule has 7 heteroatoms. The first kappa shape index (κ1) is 22.7. The second kappa shape index (κ2) is 9.47. The molecule has 1 aliphatic carbocycles. The number of allylic oxidation sites excluding steroid dienone is 2. The number of aliphatic carboxylic acids is 1. The van der Waals surface area contributed by atoms with Crippen molar-refractivity contribution in [1.29, 1.82) is 0 Å². The smallest absolute Gasteiger partial charge is 0.341 e. The standard InChI is InChI=1S/C24H27NO5S/c1-5-30-24(29)20-19(18-12-13(2)10-11-14(18)3)15(4)31-22(20)25-21(26)16-8-6-7-9-17(16)23(27)28/h6-7,10-12,16-17H,5,8-9H2,1-4H3,(H,25,26)(H,27,28)/p-1/t16-,17-/m0/s1. The van der Waals surface area contributed by atoms with E-state index in [1.54, 1.807) is 19.1 Å². The SMILES string of the molecule is CCOC(=O)c1c(NC(=O)[C@H]2CC=CC[C@@H]2C(=O)[O-])sc(C)c1-c1cc(C)ccc1C. The summed E-state index contributed by atoms with van der Waals surface area (Å²) in [5.74, 6) is -3.84. The third-order valence-electron chi connectivity index (χ3n) is 5.53. The fourth-order valence-electron chi connectivity index (χ4n) is 3.93. The van der Waals surface area contributed by atoms with Crippen LogP contribution in [0.15, 0.2) is 30.4 Å². The summed E-state index contributed by atoms with van der Waals surface area (Å²) in [5, 5.41) is 14.7. The summed E-state index contributed by atoms with van der Waals surface area (Å²) < 4.78 is 5.30. The molecule has 0 unspecified atom stereocenters. The van der Waals surface area contributed by atoms with Crippen molar-refractivity contribution in [2.75, 3.05) is 11.9 Å². The molecular weight excluding hydrogens is 414 g/mol. The van der Waals surface area contributed by atoms with Crippen LogP contribution < -0.4 is 10.4 Å². The van der Waals surface area contributed by atoms with Crippen molar-refractivity contribution in [1.82, 2.24) is 0 Å². The lowest BCUT2D eigenvalue weighted by molar-refractivity contribution is -0.313. The number of esters is 1. The maximum absolute atomic E-state index is 13.0. The van der Waals surface area contributed by atoms with Gasteiger partial charge in [0.15, 0.2) is 0 Å². The van der Waals surface area contributed by atoms with Crippen molar-refractivity contribution in [2.45, 2.75) is 40.5 Å². The molecule has 2 atom stereocenters. The number of nitrogens with one attached hydrogen (secondary N) is 1. The van der Waals surface area contributed by atoms with Crippen molar-refractivity contribution in [3.8, 4) is 11.1 Å². The van der Waals surface area contributed by atoms with Crippen LogP contribution in [0, 0.1) is 32.6 Å². The number of aryl methyl sites for hydroxylation is 3. The minimum atomic E-state index is -1.24. The molecule has 0 saturated carbocycles. The Hall–Kier alpha value is -2.93. The third kappa shape index (κ3) is 4.71. The van der Waals surface area contributed by atoms with E-state index < -0.39 is 29.7 Å². The van der Waals surface area contributed by atoms with Crippen molar-refractivity contribution in [2.24, 2.45) is 11.8 Å². The molecule has 2 aromatic rings. The highest BCUT2D eigenvalue weighted by Gasteiger charge is 2.32. The van der Waals surface area contributed by atoms with Gasteiger partial charge in [0, 0.05) is 22.3 Å². The summed E-state index contributed by atoms with van der Waals surface area (Å²) in [6, 6.07) is 6.01. The molecular formula is C24H26NO5S-. The third-order valence-corrected chi connectivity index (χ3v) is 6.56. The van der Waals surface area contributed by atoms with Crippen LogP contribution in [0.3, 0.4) is 0 Å². The first-order chi connectivity index (χ1) is 14.7. The van der Waals surface area contributed by atoms with Gasteiger partial charge in [0.2, 0.25) is 5.91 Å². The van der Waals surface area contributed by atoms with E-state index in [1.165, 1.54) is 11.3 Å². The van der Waals surface area contributed by atoms with Gasteiger partial charge in [-0.1, -0.05) is 35.9 Å². The van der Waals surface area contributed by atoms with E-state index in [-0.39, 0.29) is 13.0 Å². The van der Waals surface area contributed by atoms with Gasteiger partial charge in [-0.15, -0.1) is 11.3 Å². The van der Waals surface area contributed by atoms with Gasteiger partial charge in [0.1, 0.15) is 10.6 Å². The van der Waals surface area contributed by atoms with Gasteiger partial charge in [-0.25, -0.2) is 4.79 Å². The van der Waals surface area contributed by atoms with Crippen molar-refractivity contribution in [3.05, 3.63) is 51.9 Å². The lowest BCUT2D eigenvalue weighted by Crippen LogP contribution is -2.41. The number of thiophene rings is 1. The Labute approximate surface area is 185 Å². The zero-order valence-corrected chi connectivity index (χ0v) is 18.9. The van der Waals surface area contributed by atoms with Gasteiger partial charge >= 0.3 is 5.97 Å². The number of carboxylic acid groups (broad SMARTS) is 1. The summed E-state index contributed by atoms with van der Waals surface area (Å²) in [5.41, 5.74) is 4.01. The summed E-state index contributed by atoms with van der Waals surface area (Å²) in [7, 11) is 0. The molecule has 1 aromatic heterocycles. The lowest BCUT2D eigenvalue weighted by Gasteiger charge is -2.28. The highest BCUT2D eigenvalue weighted by molar-refractivity contribution is 7.17. The van der Waals surface area contributed by atoms with Crippen molar-refractivity contribution < 1.29 is 24.2 Å². The number of carbonyl (C=O) groups excluding carboxylic acids is 3. The van der Waals surface area contributed by atoms with E-state index in [4.69, 9.17) is 4.74 Å². The first-order valence-corrected chi connectivity index (χ1v) is 11.1. The van der Waals surface area contributed by atoms with Gasteiger partial charge in [-0.2, -0.15) is 0 Å². The second-order valence-corrected chi connectivity index (χ2v) is 8.97. The minimum absolute atomic E-state index is 0.202. The van der Waals surface area contributed by atoms with E-state index in [0.717, 1.165) is 27.1 Å². The largest absolute Gasteiger partial charge is 0.550 e. The minimum Gasteiger partial charge on any atom is -0.550 e. The molecule has 6 nitrogen and oxygen atoms in total. The van der Waals surface area contributed by atoms with Crippen molar-refractivity contribution in [3.63, 3.8) is 0 Å². The molecule has 1 amide bonds. The number of benzene rings is 1. The number of rotatable bonds is 6. The molecule has 3 rings (SSSR count). The van der Waals surface area contributed by atoms with E-state index in [2.05, 4.69) is 5.32 Å². The highest BCUT2D eigenvalue weighted by Crippen LogP contribution is 2.42. The Bertz CT molecular complexity index is 1050. The van der Waals surface area contributed by atoms with Crippen LogP contribution in [0.2, 0.25) is 0 Å². The molecule has 0 aliphatic heterocycles. The maximum atomic E-state index is 13.0. The number of ether oxygens (including phenoxy) is 1. The molecule has 0 saturated heterocycles. The Morgan fingerprint density at radius 3 is 2.45 bits per heavy atom. The van der Waals surface area contributed by atoms with E-state index in [9.17, 15) is 19.5 Å². The summed E-state index contributed by atoms with van der Waals surface area (Å²) in [6.07, 6.45) is 4.12. The van der Waals surface area contributed by atoms with E-state index >= 15 is 0 Å². The van der Waals surface area contributed by atoms with Crippen LogP contribution in [0.25, 0.3) is 11.1 Å². The normalized spacial score (nSPS) is 17.9. The van der Waals surface area contributed by atoms with E-state index in [1.807, 2.05) is 39.0 Å². The number of carboxylic acids is 1.